The van der Waals surface area contributed by atoms with Crippen LogP contribution in [-0.2, 0) is 4.79 Å². The number of nitrogens with zero attached hydrogens (tertiary/aromatic N) is 1. The van der Waals surface area contributed by atoms with Crippen LogP contribution in [0.15, 0.2) is 29.6 Å². The van der Waals surface area contributed by atoms with E-state index in [1.54, 1.807) is 18.4 Å². The third-order valence-corrected chi connectivity index (χ3v) is 6.01. The Balaban J connectivity index is 2.05. The number of ether oxygens (including phenoxy) is 1. The standard InChI is InChI=1S/C19H22ClNO3S/c1-12-8-17(25-11-12)18(15-9-14(20)5-6-16(15)24-2)21-7-3-4-13(10-21)19(22)23/h5-6,8-9,11,13,18H,3-4,7,10H2,1-2H3,(H,22,23). The van der Waals surface area contributed by atoms with Gasteiger partial charge in [-0.05, 0) is 61.5 Å². The fourth-order valence-electron chi connectivity index (χ4n) is 3.49. The quantitative estimate of drug-likeness (QED) is 0.824. The summed E-state index contributed by atoms with van der Waals surface area (Å²) in [6, 6.07) is 7.75. The number of benzene rings is 1. The van der Waals surface area contributed by atoms with Gasteiger partial charge in [-0.15, -0.1) is 11.3 Å². The number of carboxylic acids is 1. The lowest BCUT2D eigenvalue weighted by Crippen LogP contribution is -2.41. The van der Waals surface area contributed by atoms with Crippen LogP contribution in [0.2, 0.25) is 5.02 Å². The maximum Gasteiger partial charge on any atom is 0.307 e. The Morgan fingerprint density at radius 2 is 2.24 bits per heavy atom. The van der Waals surface area contributed by atoms with Gasteiger partial charge in [-0.2, -0.15) is 0 Å². The summed E-state index contributed by atoms with van der Waals surface area (Å²) in [4.78, 5) is 14.9. The van der Waals surface area contributed by atoms with E-state index >= 15 is 0 Å². The molecule has 1 aliphatic rings. The highest BCUT2D eigenvalue weighted by atomic mass is 35.5. The second kappa shape index (κ2) is 7.77. The number of carbonyl (C=O) groups is 1. The van der Waals surface area contributed by atoms with Crippen LogP contribution in [0.25, 0.3) is 0 Å². The first-order valence-corrected chi connectivity index (χ1v) is 9.60. The molecule has 1 N–H and O–H groups in total. The predicted molar refractivity (Wildman–Crippen MR) is 101 cm³/mol. The number of carboxylic acid groups (broad SMARTS) is 1. The molecule has 4 nitrogen and oxygen atoms in total. The van der Waals surface area contributed by atoms with E-state index in [0.717, 1.165) is 30.7 Å². The third kappa shape index (κ3) is 4.00. The fourth-order valence-corrected chi connectivity index (χ4v) is 4.72. The Morgan fingerprint density at radius 3 is 2.88 bits per heavy atom. The molecule has 25 heavy (non-hydrogen) atoms. The Labute approximate surface area is 157 Å². The summed E-state index contributed by atoms with van der Waals surface area (Å²) in [5.74, 6) is -0.274. The number of hydrogen-bond acceptors (Lipinski definition) is 4. The van der Waals surface area contributed by atoms with E-state index in [2.05, 4.69) is 23.3 Å². The fraction of sp³-hybridized carbons (Fsp3) is 0.421. The number of aryl methyl sites for hydroxylation is 1. The molecular weight excluding hydrogens is 358 g/mol. The van der Waals surface area contributed by atoms with Gasteiger partial charge in [0.2, 0.25) is 0 Å². The number of likely N-dealkylation sites (tertiary alicyclic amines) is 1. The lowest BCUT2D eigenvalue weighted by Gasteiger charge is -2.37. The van der Waals surface area contributed by atoms with E-state index in [-0.39, 0.29) is 12.0 Å². The number of piperidine rings is 1. The lowest BCUT2D eigenvalue weighted by molar-refractivity contribution is -0.143. The van der Waals surface area contributed by atoms with Gasteiger partial charge in [-0.25, -0.2) is 0 Å². The number of rotatable bonds is 5. The lowest BCUT2D eigenvalue weighted by atomic mass is 9.93. The van der Waals surface area contributed by atoms with Crippen LogP contribution in [0, 0.1) is 12.8 Å². The van der Waals surface area contributed by atoms with Crippen LogP contribution >= 0.6 is 22.9 Å². The summed E-state index contributed by atoms with van der Waals surface area (Å²) in [5.41, 5.74) is 2.20. The van der Waals surface area contributed by atoms with Gasteiger partial charge in [0.05, 0.1) is 19.1 Å². The zero-order valence-electron chi connectivity index (χ0n) is 14.4. The molecule has 1 aromatic heterocycles. The average molecular weight is 380 g/mol. The molecule has 3 rings (SSSR count). The van der Waals surface area contributed by atoms with Crippen molar-refractivity contribution < 1.29 is 14.6 Å². The summed E-state index contributed by atoms with van der Waals surface area (Å²) >= 11 is 7.96. The van der Waals surface area contributed by atoms with E-state index in [1.165, 1.54) is 10.4 Å². The summed E-state index contributed by atoms with van der Waals surface area (Å²) in [6.07, 6.45) is 1.61. The molecule has 0 radical (unpaired) electrons. The minimum Gasteiger partial charge on any atom is -0.496 e. The second-order valence-electron chi connectivity index (χ2n) is 6.49. The molecule has 0 spiro atoms. The maximum atomic E-state index is 11.5. The van der Waals surface area contributed by atoms with Crippen LogP contribution < -0.4 is 4.74 Å². The molecule has 2 atom stereocenters. The smallest absolute Gasteiger partial charge is 0.307 e. The predicted octanol–water partition coefficient (Wildman–Crippen LogP) is 4.60. The van der Waals surface area contributed by atoms with E-state index in [1.807, 2.05) is 18.2 Å². The molecule has 0 bridgehead atoms. The van der Waals surface area contributed by atoms with E-state index in [9.17, 15) is 9.90 Å². The van der Waals surface area contributed by atoms with Crippen molar-refractivity contribution in [3.63, 3.8) is 0 Å². The first-order valence-electron chi connectivity index (χ1n) is 8.35. The zero-order valence-corrected chi connectivity index (χ0v) is 15.9. The molecule has 1 saturated heterocycles. The molecule has 0 aliphatic carbocycles. The Hall–Kier alpha value is -1.56. The van der Waals surface area contributed by atoms with Crippen molar-refractivity contribution >= 4 is 28.9 Å². The van der Waals surface area contributed by atoms with Crippen LogP contribution in [-0.4, -0.2) is 36.2 Å². The highest BCUT2D eigenvalue weighted by Crippen LogP contribution is 2.40. The van der Waals surface area contributed by atoms with Gasteiger partial charge in [0.25, 0.3) is 0 Å². The van der Waals surface area contributed by atoms with Gasteiger partial charge in [0.15, 0.2) is 0 Å². The summed E-state index contributed by atoms with van der Waals surface area (Å²) in [5, 5.41) is 12.2. The number of hydrogen-bond donors (Lipinski definition) is 1. The van der Waals surface area contributed by atoms with Gasteiger partial charge in [0, 0.05) is 22.0 Å². The number of thiophene rings is 1. The van der Waals surface area contributed by atoms with E-state index in [4.69, 9.17) is 16.3 Å². The topological polar surface area (TPSA) is 49.8 Å². The molecule has 134 valence electrons. The Bertz CT molecular complexity index is 761. The molecule has 2 aromatic rings. The van der Waals surface area contributed by atoms with Crippen molar-refractivity contribution in [3.8, 4) is 5.75 Å². The molecule has 0 amide bonds. The van der Waals surface area contributed by atoms with Crippen molar-refractivity contribution in [3.05, 3.63) is 50.7 Å². The molecule has 2 unspecified atom stereocenters. The van der Waals surface area contributed by atoms with Crippen LogP contribution in [0.5, 0.6) is 5.75 Å². The first kappa shape index (κ1) is 18.2. The van der Waals surface area contributed by atoms with Crippen molar-refractivity contribution in [1.29, 1.82) is 0 Å². The van der Waals surface area contributed by atoms with Crippen LogP contribution in [0.4, 0.5) is 0 Å². The van der Waals surface area contributed by atoms with Gasteiger partial charge in [-0.3, -0.25) is 9.69 Å². The van der Waals surface area contributed by atoms with Gasteiger partial charge in [-0.1, -0.05) is 11.6 Å². The van der Waals surface area contributed by atoms with Crippen molar-refractivity contribution in [2.45, 2.75) is 25.8 Å². The van der Waals surface area contributed by atoms with E-state index in [0.29, 0.717) is 11.6 Å². The van der Waals surface area contributed by atoms with Gasteiger partial charge < -0.3 is 9.84 Å². The number of aliphatic carboxylic acids is 1. The Morgan fingerprint density at radius 1 is 1.44 bits per heavy atom. The first-order chi connectivity index (χ1) is 12.0. The zero-order chi connectivity index (χ0) is 18.0. The molecule has 1 aromatic carbocycles. The van der Waals surface area contributed by atoms with E-state index < -0.39 is 5.97 Å². The SMILES string of the molecule is COc1ccc(Cl)cc1C(c1cc(C)cs1)N1CCCC(C(=O)O)C1. The van der Waals surface area contributed by atoms with Crippen molar-refractivity contribution in [1.82, 2.24) is 4.90 Å². The number of halogens is 1. The minimum absolute atomic E-state index is 0.0468. The monoisotopic (exact) mass is 379 g/mol. The molecule has 1 aliphatic heterocycles. The summed E-state index contributed by atoms with van der Waals surface area (Å²) < 4.78 is 5.58. The number of methoxy groups -OCH3 is 1. The highest BCUT2D eigenvalue weighted by molar-refractivity contribution is 7.10. The Kier molecular flexibility index (Phi) is 5.67. The van der Waals surface area contributed by atoms with Crippen LogP contribution in [0.1, 0.15) is 34.9 Å². The summed E-state index contributed by atoms with van der Waals surface area (Å²) in [6.45, 7) is 3.47. The maximum absolute atomic E-state index is 11.5. The minimum atomic E-state index is -0.719. The van der Waals surface area contributed by atoms with Crippen LogP contribution in [0.3, 0.4) is 0 Å². The molecular formula is C19H22ClNO3S. The van der Waals surface area contributed by atoms with Crippen molar-refractivity contribution in [2.75, 3.05) is 20.2 Å². The molecule has 0 saturated carbocycles. The van der Waals surface area contributed by atoms with Gasteiger partial charge >= 0.3 is 5.97 Å². The highest BCUT2D eigenvalue weighted by Gasteiger charge is 2.33. The van der Waals surface area contributed by atoms with Gasteiger partial charge in [0.1, 0.15) is 5.75 Å². The third-order valence-electron chi connectivity index (χ3n) is 4.67. The molecule has 2 heterocycles. The molecule has 1 fully saturated rings. The van der Waals surface area contributed by atoms with Crippen molar-refractivity contribution in [2.24, 2.45) is 5.92 Å². The molecule has 6 heteroatoms. The summed E-state index contributed by atoms with van der Waals surface area (Å²) in [7, 11) is 1.65. The largest absolute Gasteiger partial charge is 0.496 e. The normalized spacial score (nSPS) is 19.6. The second-order valence-corrected chi connectivity index (χ2v) is 7.87. The average Bonchev–Trinajstić information content (AvgIpc) is 3.01.